The summed E-state index contributed by atoms with van der Waals surface area (Å²) < 4.78 is 0. The van der Waals surface area contributed by atoms with E-state index in [0.29, 0.717) is 13.1 Å². The molecular weight excluding hydrogens is 288 g/mol. The minimum Gasteiger partial charge on any atom is -0.350 e. The number of nitrogens with one attached hydrogen (secondary N) is 1. The van der Waals surface area contributed by atoms with Crippen molar-refractivity contribution in [2.45, 2.75) is 58.0 Å². The van der Waals surface area contributed by atoms with E-state index in [-0.39, 0.29) is 23.8 Å². The fourth-order valence-corrected chi connectivity index (χ4v) is 3.27. The van der Waals surface area contributed by atoms with Gasteiger partial charge in [0.15, 0.2) is 0 Å². The fraction of sp³-hybridized carbons (Fsp3) is 0.579. The minimum absolute atomic E-state index is 0.0252. The lowest BCUT2D eigenvalue weighted by molar-refractivity contribution is -0.140. The molecule has 0 unspecified atom stereocenters. The van der Waals surface area contributed by atoms with Crippen LogP contribution in [-0.4, -0.2) is 29.3 Å². The van der Waals surface area contributed by atoms with Crippen LogP contribution in [0.15, 0.2) is 24.3 Å². The average molecular weight is 314 g/mol. The highest BCUT2D eigenvalue weighted by Crippen LogP contribution is 2.39. The molecule has 1 aromatic carbocycles. The van der Waals surface area contributed by atoms with E-state index in [2.05, 4.69) is 29.6 Å². The summed E-state index contributed by atoms with van der Waals surface area (Å²) in [6.45, 7) is 5.00. The molecule has 1 aliphatic carbocycles. The first-order valence-electron chi connectivity index (χ1n) is 8.73. The highest BCUT2D eigenvalue weighted by molar-refractivity contribution is 5.88. The third-order valence-corrected chi connectivity index (χ3v) is 4.83. The molecule has 4 heteroatoms. The van der Waals surface area contributed by atoms with Crippen LogP contribution >= 0.6 is 0 Å². The molecule has 0 radical (unpaired) electrons. The summed E-state index contributed by atoms with van der Waals surface area (Å²) in [5, 5.41) is 3.00. The van der Waals surface area contributed by atoms with Crippen LogP contribution in [0.2, 0.25) is 0 Å². The summed E-state index contributed by atoms with van der Waals surface area (Å²) in [5.41, 5.74) is 2.52. The van der Waals surface area contributed by atoms with Crippen molar-refractivity contribution in [3.05, 3.63) is 35.4 Å². The van der Waals surface area contributed by atoms with Gasteiger partial charge in [-0.05, 0) is 42.7 Å². The first-order valence-corrected chi connectivity index (χ1v) is 8.73. The van der Waals surface area contributed by atoms with Crippen LogP contribution in [0.5, 0.6) is 0 Å². The van der Waals surface area contributed by atoms with Gasteiger partial charge in [0, 0.05) is 19.0 Å². The van der Waals surface area contributed by atoms with Gasteiger partial charge in [-0.1, -0.05) is 38.1 Å². The lowest BCUT2D eigenvalue weighted by Crippen LogP contribution is -2.47. The molecule has 0 spiro atoms. The standard InChI is InChI=1S/C19H26N2O2/c1-13(2)19(23)21-11-3-4-17(21)18(22)20-12-14-5-7-15(8-6-14)16-9-10-16/h5-8,13,16-17H,3-4,9-12H2,1-2H3,(H,20,22)/t17-/m1/s1. The molecule has 4 nitrogen and oxygen atoms in total. The molecule has 1 saturated heterocycles. The summed E-state index contributed by atoms with van der Waals surface area (Å²) >= 11 is 0. The second-order valence-corrected chi connectivity index (χ2v) is 7.08. The number of nitrogens with zero attached hydrogens (tertiary/aromatic N) is 1. The van der Waals surface area contributed by atoms with Crippen molar-refractivity contribution < 1.29 is 9.59 Å². The molecule has 1 N–H and O–H groups in total. The molecule has 124 valence electrons. The van der Waals surface area contributed by atoms with Gasteiger partial charge in [0.05, 0.1) is 0 Å². The van der Waals surface area contributed by atoms with Crippen LogP contribution in [0, 0.1) is 5.92 Å². The Morgan fingerprint density at radius 2 is 1.87 bits per heavy atom. The van der Waals surface area contributed by atoms with Gasteiger partial charge in [-0.25, -0.2) is 0 Å². The summed E-state index contributed by atoms with van der Waals surface area (Å²) in [5.74, 6) is 0.755. The van der Waals surface area contributed by atoms with E-state index in [0.717, 1.165) is 24.3 Å². The van der Waals surface area contributed by atoms with Crippen molar-refractivity contribution in [1.29, 1.82) is 0 Å². The second kappa shape index (κ2) is 6.73. The topological polar surface area (TPSA) is 49.4 Å². The lowest BCUT2D eigenvalue weighted by atomic mass is 10.1. The van der Waals surface area contributed by atoms with Gasteiger partial charge in [0.2, 0.25) is 11.8 Å². The molecule has 0 aromatic heterocycles. The van der Waals surface area contributed by atoms with Crippen LogP contribution in [0.1, 0.15) is 56.6 Å². The maximum absolute atomic E-state index is 12.4. The molecule has 2 fully saturated rings. The summed E-state index contributed by atoms with van der Waals surface area (Å²) in [4.78, 5) is 26.4. The zero-order chi connectivity index (χ0) is 16.4. The van der Waals surface area contributed by atoms with Gasteiger partial charge in [0.1, 0.15) is 6.04 Å². The number of carbonyl (C=O) groups is 2. The van der Waals surface area contributed by atoms with Crippen LogP contribution < -0.4 is 5.32 Å². The van der Waals surface area contributed by atoms with Crippen molar-refractivity contribution in [2.75, 3.05) is 6.54 Å². The van der Waals surface area contributed by atoms with Crippen LogP contribution in [0.4, 0.5) is 0 Å². The number of carbonyl (C=O) groups excluding carboxylic acids is 2. The zero-order valence-corrected chi connectivity index (χ0v) is 14.0. The van der Waals surface area contributed by atoms with Crippen LogP contribution in [0.3, 0.4) is 0 Å². The van der Waals surface area contributed by atoms with Gasteiger partial charge in [-0.3, -0.25) is 9.59 Å². The Bertz CT molecular complexity index is 576. The second-order valence-electron chi connectivity index (χ2n) is 7.08. The maximum Gasteiger partial charge on any atom is 0.243 e. The Hall–Kier alpha value is -1.84. The molecule has 0 bridgehead atoms. The number of rotatable bonds is 5. The highest BCUT2D eigenvalue weighted by atomic mass is 16.2. The van der Waals surface area contributed by atoms with Crippen LogP contribution in [0.25, 0.3) is 0 Å². The summed E-state index contributed by atoms with van der Waals surface area (Å²) in [6, 6.07) is 8.24. The van der Waals surface area contributed by atoms with E-state index < -0.39 is 0 Å². The number of amides is 2. The number of hydrogen-bond donors (Lipinski definition) is 1. The van der Waals surface area contributed by atoms with Crippen LogP contribution in [-0.2, 0) is 16.1 Å². The van der Waals surface area contributed by atoms with Gasteiger partial charge >= 0.3 is 0 Å². The SMILES string of the molecule is CC(C)C(=O)N1CCC[C@@H]1C(=O)NCc1ccc(C2CC2)cc1. The predicted octanol–water partition coefficient (Wildman–Crippen LogP) is 2.83. The van der Waals surface area contributed by atoms with E-state index in [9.17, 15) is 9.59 Å². The van der Waals surface area contributed by atoms with E-state index in [4.69, 9.17) is 0 Å². The van der Waals surface area contributed by atoms with Crippen molar-refractivity contribution >= 4 is 11.8 Å². The Labute approximate surface area is 138 Å². The molecule has 1 aromatic rings. The first kappa shape index (κ1) is 16.0. The van der Waals surface area contributed by atoms with Crippen molar-refractivity contribution in [2.24, 2.45) is 5.92 Å². The Morgan fingerprint density at radius 3 is 2.48 bits per heavy atom. The molecule has 1 aliphatic heterocycles. The van der Waals surface area contributed by atoms with E-state index in [1.807, 2.05) is 13.8 Å². The summed E-state index contributed by atoms with van der Waals surface area (Å²) in [6.07, 6.45) is 4.28. The third kappa shape index (κ3) is 3.74. The quantitative estimate of drug-likeness (QED) is 0.908. The van der Waals surface area contributed by atoms with Gasteiger partial charge in [-0.2, -0.15) is 0 Å². The molecular formula is C19H26N2O2. The fourth-order valence-electron chi connectivity index (χ4n) is 3.27. The average Bonchev–Trinajstić information content (AvgIpc) is 3.29. The highest BCUT2D eigenvalue weighted by Gasteiger charge is 2.34. The molecule has 2 aliphatic rings. The third-order valence-electron chi connectivity index (χ3n) is 4.83. The Kier molecular flexibility index (Phi) is 4.69. The smallest absolute Gasteiger partial charge is 0.243 e. The molecule has 1 saturated carbocycles. The van der Waals surface area contributed by atoms with Crippen molar-refractivity contribution in [1.82, 2.24) is 10.2 Å². The maximum atomic E-state index is 12.4. The normalized spacial score (nSPS) is 20.8. The number of hydrogen-bond acceptors (Lipinski definition) is 2. The first-order chi connectivity index (χ1) is 11.1. The number of likely N-dealkylation sites (tertiary alicyclic amines) is 1. The van der Waals surface area contributed by atoms with Gasteiger partial charge in [0.25, 0.3) is 0 Å². The monoisotopic (exact) mass is 314 g/mol. The van der Waals surface area contributed by atoms with E-state index >= 15 is 0 Å². The Morgan fingerprint density at radius 1 is 1.17 bits per heavy atom. The molecule has 2 amide bonds. The molecule has 1 atom stereocenters. The van der Waals surface area contributed by atoms with Crippen molar-refractivity contribution in [3.63, 3.8) is 0 Å². The zero-order valence-electron chi connectivity index (χ0n) is 14.0. The molecule has 23 heavy (non-hydrogen) atoms. The molecule has 1 heterocycles. The largest absolute Gasteiger partial charge is 0.350 e. The molecule has 3 rings (SSSR count). The number of benzene rings is 1. The minimum atomic E-state index is -0.296. The summed E-state index contributed by atoms with van der Waals surface area (Å²) in [7, 11) is 0. The van der Waals surface area contributed by atoms with Crippen molar-refractivity contribution in [3.8, 4) is 0 Å². The van der Waals surface area contributed by atoms with Gasteiger partial charge < -0.3 is 10.2 Å². The van der Waals surface area contributed by atoms with Gasteiger partial charge in [-0.15, -0.1) is 0 Å². The van der Waals surface area contributed by atoms with E-state index in [1.165, 1.54) is 18.4 Å². The Balaban J connectivity index is 1.54. The lowest BCUT2D eigenvalue weighted by Gasteiger charge is -2.25. The predicted molar refractivity (Wildman–Crippen MR) is 89.8 cm³/mol. The van der Waals surface area contributed by atoms with E-state index in [1.54, 1.807) is 4.90 Å².